The lowest BCUT2D eigenvalue weighted by Crippen LogP contribution is -2.41. The molecular formula is C13H17NO4S. The second-order valence-electron chi connectivity index (χ2n) is 4.08. The van der Waals surface area contributed by atoms with Crippen molar-refractivity contribution in [3.8, 4) is 5.75 Å². The van der Waals surface area contributed by atoms with E-state index in [-0.39, 0.29) is 18.1 Å². The summed E-state index contributed by atoms with van der Waals surface area (Å²) in [5.41, 5.74) is 0.726. The Balaban J connectivity index is 2.52. The fourth-order valence-corrected chi connectivity index (χ4v) is 2.01. The summed E-state index contributed by atoms with van der Waals surface area (Å²) >= 11 is 1.54. The summed E-state index contributed by atoms with van der Waals surface area (Å²) < 4.78 is 0. The number of phenolic OH excluding ortho intramolecular Hbond substituents is 1. The van der Waals surface area contributed by atoms with Crippen molar-refractivity contribution in [1.82, 2.24) is 5.32 Å². The van der Waals surface area contributed by atoms with E-state index in [0.29, 0.717) is 12.2 Å². The first-order chi connectivity index (χ1) is 9.02. The Hall–Kier alpha value is -1.69. The average Bonchev–Trinajstić information content (AvgIpc) is 2.37. The maximum atomic E-state index is 11.7. The second kappa shape index (κ2) is 7.68. The van der Waals surface area contributed by atoms with Crippen molar-refractivity contribution in [2.24, 2.45) is 0 Å². The molecule has 0 spiro atoms. The monoisotopic (exact) mass is 283 g/mol. The molecule has 3 N–H and O–H groups in total. The van der Waals surface area contributed by atoms with E-state index in [1.165, 1.54) is 23.9 Å². The number of aromatic hydroxyl groups is 1. The quantitative estimate of drug-likeness (QED) is 0.701. The van der Waals surface area contributed by atoms with Crippen LogP contribution >= 0.6 is 11.8 Å². The predicted molar refractivity (Wildman–Crippen MR) is 74.4 cm³/mol. The number of aliphatic carboxylic acids is 1. The second-order valence-corrected chi connectivity index (χ2v) is 5.07. The number of rotatable bonds is 7. The summed E-state index contributed by atoms with van der Waals surface area (Å²) in [6.45, 7) is 0. The standard InChI is InChI=1S/C13H17NO4S/c1-19-7-6-11(13(17)18)14-12(16)8-9-2-4-10(15)5-3-9/h2-5,11,15H,6-8H2,1H3,(H,14,16)(H,17,18)/t11-/m1/s1. The van der Waals surface area contributed by atoms with Gasteiger partial charge >= 0.3 is 5.97 Å². The molecule has 0 saturated carbocycles. The number of nitrogens with one attached hydrogen (secondary N) is 1. The van der Waals surface area contributed by atoms with Crippen LogP contribution in [0, 0.1) is 0 Å². The summed E-state index contributed by atoms with van der Waals surface area (Å²) in [6.07, 6.45) is 2.39. The van der Waals surface area contributed by atoms with E-state index < -0.39 is 12.0 Å². The summed E-state index contributed by atoms with van der Waals surface area (Å²) in [5.74, 6) is -0.545. The first-order valence-electron chi connectivity index (χ1n) is 5.82. The highest BCUT2D eigenvalue weighted by atomic mass is 32.2. The van der Waals surface area contributed by atoms with Gasteiger partial charge in [-0.05, 0) is 36.1 Å². The molecule has 0 aliphatic heterocycles. The van der Waals surface area contributed by atoms with E-state index in [9.17, 15) is 9.59 Å². The van der Waals surface area contributed by atoms with Crippen molar-refractivity contribution in [2.45, 2.75) is 18.9 Å². The van der Waals surface area contributed by atoms with Gasteiger partial charge in [-0.1, -0.05) is 12.1 Å². The molecule has 1 rings (SSSR count). The molecule has 6 heteroatoms. The Labute approximate surface area is 116 Å². The highest BCUT2D eigenvalue weighted by Gasteiger charge is 2.19. The molecule has 0 bridgehead atoms. The Kier molecular flexibility index (Phi) is 6.21. The number of carboxylic acid groups (broad SMARTS) is 1. The molecule has 0 aliphatic carbocycles. The lowest BCUT2D eigenvalue weighted by atomic mass is 10.1. The van der Waals surface area contributed by atoms with Gasteiger partial charge in [-0.3, -0.25) is 4.79 Å². The molecule has 5 nitrogen and oxygen atoms in total. The van der Waals surface area contributed by atoms with Crippen molar-refractivity contribution in [3.63, 3.8) is 0 Å². The molecule has 1 aromatic rings. The number of hydrogen-bond donors (Lipinski definition) is 3. The van der Waals surface area contributed by atoms with Gasteiger partial charge in [0, 0.05) is 0 Å². The summed E-state index contributed by atoms with van der Waals surface area (Å²) in [5, 5.41) is 20.6. The first kappa shape index (κ1) is 15.4. The van der Waals surface area contributed by atoms with E-state index in [1.54, 1.807) is 12.1 Å². The Morgan fingerprint density at radius 2 is 1.95 bits per heavy atom. The minimum Gasteiger partial charge on any atom is -0.508 e. The maximum absolute atomic E-state index is 11.7. The highest BCUT2D eigenvalue weighted by molar-refractivity contribution is 7.98. The molecule has 0 heterocycles. The molecule has 104 valence electrons. The molecule has 0 aliphatic rings. The molecule has 0 aromatic heterocycles. The smallest absolute Gasteiger partial charge is 0.326 e. The lowest BCUT2D eigenvalue weighted by Gasteiger charge is -2.13. The van der Waals surface area contributed by atoms with Gasteiger partial charge in [0.15, 0.2) is 0 Å². The topological polar surface area (TPSA) is 86.6 Å². The molecule has 0 saturated heterocycles. The van der Waals surface area contributed by atoms with Gasteiger partial charge in [-0.2, -0.15) is 11.8 Å². The van der Waals surface area contributed by atoms with Crippen LogP contribution in [0.4, 0.5) is 0 Å². The van der Waals surface area contributed by atoms with Crippen molar-refractivity contribution < 1.29 is 19.8 Å². The third-order valence-electron chi connectivity index (χ3n) is 2.54. The molecule has 1 amide bonds. The van der Waals surface area contributed by atoms with Crippen LogP contribution in [0.15, 0.2) is 24.3 Å². The number of amides is 1. The van der Waals surface area contributed by atoms with Crippen LogP contribution in [-0.2, 0) is 16.0 Å². The normalized spacial score (nSPS) is 11.8. The van der Waals surface area contributed by atoms with Crippen LogP contribution in [0.2, 0.25) is 0 Å². The summed E-state index contributed by atoms with van der Waals surface area (Å²) in [6, 6.07) is 5.40. The number of thioether (sulfide) groups is 1. The lowest BCUT2D eigenvalue weighted by molar-refractivity contribution is -0.141. The fraction of sp³-hybridized carbons (Fsp3) is 0.385. The van der Waals surface area contributed by atoms with Crippen LogP contribution in [0.3, 0.4) is 0 Å². The zero-order valence-corrected chi connectivity index (χ0v) is 11.4. The molecule has 0 fully saturated rings. The number of benzene rings is 1. The van der Waals surface area contributed by atoms with E-state index >= 15 is 0 Å². The van der Waals surface area contributed by atoms with Gasteiger partial charge in [0.05, 0.1) is 6.42 Å². The minimum absolute atomic E-state index is 0.101. The Bertz CT molecular complexity index is 433. The number of carbonyl (C=O) groups excluding carboxylic acids is 1. The van der Waals surface area contributed by atoms with E-state index in [2.05, 4.69) is 5.32 Å². The van der Waals surface area contributed by atoms with Gasteiger partial charge in [0.1, 0.15) is 11.8 Å². The van der Waals surface area contributed by atoms with Gasteiger partial charge in [-0.25, -0.2) is 4.79 Å². The predicted octanol–water partition coefficient (Wildman–Crippen LogP) is 1.26. The van der Waals surface area contributed by atoms with Crippen LogP contribution in [0.25, 0.3) is 0 Å². The van der Waals surface area contributed by atoms with E-state index in [0.717, 1.165) is 5.56 Å². The largest absolute Gasteiger partial charge is 0.508 e. The number of carboxylic acids is 1. The van der Waals surface area contributed by atoms with Crippen LogP contribution in [0.1, 0.15) is 12.0 Å². The number of hydrogen-bond acceptors (Lipinski definition) is 4. The zero-order valence-electron chi connectivity index (χ0n) is 10.6. The maximum Gasteiger partial charge on any atom is 0.326 e. The summed E-state index contributed by atoms with van der Waals surface area (Å²) in [7, 11) is 0. The van der Waals surface area contributed by atoms with Crippen molar-refractivity contribution >= 4 is 23.6 Å². The van der Waals surface area contributed by atoms with E-state index in [1.807, 2.05) is 6.26 Å². The third-order valence-corrected chi connectivity index (χ3v) is 3.19. The Morgan fingerprint density at radius 3 is 2.47 bits per heavy atom. The number of carbonyl (C=O) groups is 2. The highest BCUT2D eigenvalue weighted by Crippen LogP contribution is 2.10. The van der Waals surface area contributed by atoms with Crippen LogP contribution in [0.5, 0.6) is 5.75 Å². The SMILES string of the molecule is CSCC[C@@H](NC(=O)Cc1ccc(O)cc1)C(=O)O. The molecule has 1 aromatic carbocycles. The Morgan fingerprint density at radius 1 is 1.32 bits per heavy atom. The molecule has 19 heavy (non-hydrogen) atoms. The van der Waals surface area contributed by atoms with Crippen molar-refractivity contribution in [1.29, 1.82) is 0 Å². The third kappa shape index (κ3) is 5.65. The first-order valence-corrected chi connectivity index (χ1v) is 7.21. The number of phenols is 1. The molecule has 1 atom stereocenters. The fourth-order valence-electron chi connectivity index (χ4n) is 1.54. The average molecular weight is 283 g/mol. The molecule has 0 radical (unpaired) electrons. The van der Waals surface area contributed by atoms with Crippen molar-refractivity contribution in [3.05, 3.63) is 29.8 Å². The minimum atomic E-state index is -1.02. The van der Waals surface area contributed by atoms with Gasteiger partial charge in [-0.15, -0.1) is 0 Å². The zero-order chi connectivity index (χ0) is 14.3. The van der Waals surface area contributed by atoms with Gasteiger partial charge in [0.25, 0.3) is 0 Å². The summed E-state index contributed by atoms with van der Waals surface area (Å²) in [4.78, 5) is 22.7. The van der Waals surface area contributed by atoms with Crippen molar-refractivity contribution in [2.75, 3.05) is 12.0 Å². The van der Waals surface area contributed by atoms with Crippen LogP contribution in [-0.4, -0.2) is 40.1 Å². The molecule has 0 unspecified atom stereocenters. The van der Waals surface area contributed by atoms with Crippen LogP contribution < -0.4 is 5.32 Å². The van der Waals surface area contributed by atoms with E-state index in [4.69, 9.17) is 10.2 Å². The van der Waals surface area contributed by atoms with Gasteiger partial charge < -0.3 is 15.5 Å². The van der Waals surface area contributed by atoms with Gasteiger partial charge in [0.2, 0.25) is 5.91 Å². The molecular weight excluding hydrogens is 266 g/mol.